The van der Waals surface area contributed by atoms with E-state index in [2.05, 4.69) is 53.2 Å². The second kappa shape index (κ2) is 9.26. The molecule has 0 saturated heterocycles. The zero-order chi connectivity index (χ0) is 17.8. The van der Waals surface area contributed by atoms with E-state index >= 15 is 0 Å². The van der Waals surface area contributed by atoms with Crippen LogP contribution in [0.15, 0.2) is 33.4 Å². The van der Waals surface area contributed by atoms with Gasteiger partial charge >= 0.3 is 0 Å². The van der Waals surface area contributed by atoms with Crippen LogP contribution in [-0.4, -0.2) is 34.8 Å². The maximum Gasteiger partial charge on any atom is 0.101 e. The van der Waals surface area contributed by atoms with Crippen molar-refractivity contribution < 1.29 is 0 Å². The van der Waals surface area contributed by atoms with Crippen molar-refractivity contribution in [1.82, 2.24) is 14.9 Å². The van der Waals surface area contributed by atoms with E-state index in [4.69, 9.17) is 4.98 Å². The van der Waals surface area contributed by atoms with E-state index in [1.54, 1.807) is 22.7 Å². The third kappa shape index (κ3) is 4.90. The Kier molecular flexibility index (Phi) is 7.32. The summed E-state index contributed by atoms with van der Waals surface area (Å²) in [5.41, 5.74) is 8.56. The molecule has 2 heterocycles. The van der Waals surface area contributed by atoms with Gasteiger partial charge in [-0.25, -0.2) is 15.0 Å². The first-order valence-electron chi connectivity index (χ1n) is 8.24. The maximum absolute atomic E-state index is 4.74. The molecule has 0 radical (unpaired) electrons. The van der Waals surface area contributed by atoms with E-state index < -0.39 is 0 Å². The molecule has 7 heteroatoms. The average Bonchev–Trinajstić information content (AvgIpc) is 3.27. The molecule has 0 fully saturated rings. The highest BCUT2D eigenvalue weighted by atomic mass is 35.5. The summed E-state index contributed by atoms with van der Waals surface area (Å²) in [4.78, 5) is 15.7. The monoisotopic (exact) mass is 406 g/mol. The first-order valence-corrected chi connectivity index (χ1v) is 10.1. The number of aromatic nitrogens is 2. The first-order chi connectivity index (χ1) is 12.1. The third-order valence-corrected chi connectivity index (χ3v) is 5.57. The summed E-state index contributed by atoms with van der Waals surface area (Å²) in [6, 6.07) is 4.40. The number of aliphatic imine (C=N–C) groups is 1. The molecule has 0 atom stereocenters. The molecule has 0 aliphatic rings. The number of rotatable bonds is 6. The minimum Gasteiger partial charge on any atom is -0.366 e. The zero-order valence-corrected chi connectivity index (χ0v) is 17.8. The molecule has 0 amide bonds. The van der Waals surface area contributed by atoms with Crippen molar-refractivity contribution in [2.75, 3.05) is 13.6 Å². The van der Waals surface area contributed by atoms with E-state index in [1.807, 2.05) is 24.3 Å². The quantitative estimate of drug-likeness (QED) is 0.400. The minimum absolute atomic E-state index is 0. The van der Waals surface area contributed by atoms with Crippen molar-refractivity contribution in [2.24, 2.45) is 4.99 Å². The molecule has 1 aromatic carbocycles. The van der Waals surface area contributed by atoms with E-state index in [1.165, 1.54) is 16.7 Å². The van der Waals surface area contributed by atoms with Crippen LogP contribution in [0, 0.1) is 13.8 Å². The lowest BCUT2D eigenvalue weighted by atomic mass is 10.0. The molecule has 3 aromatic rings. The topological polar surface area (TPSA) is 41.4 Å². The molecule has 0 bridgehead atoms. The minimum atomic E-state index is 0. The fourth-order valence-electron chi connectivity index (χ4n) is 2.44. The van der Waals surface area contributed by atoms with Gasteiger partial charge in [-0.3, -0.25) is 0 Å². The van der Waals surface area contributed by atoms with Crippen LogP contribution in [0.5, 0.6) is 0 Å². The van der Waals surface area contributed by atoms with Gasteiger partial charge in [-0.05, 0) is 43.5 Å². The Morgan fingerprint density at radius 1 is 1.15 bits per heavy atom. The summed E-state index contributed by atoms with van der Waals surface area (Å²) >= 11 is 3.29. The summed E-state index contributed by atoms with van der Waals surface area (Å²) in [5.74, 6) is 0. The van der Waals surface area contributed by atoms with Gasteiger partial charge < -0.3 is 4.90 Å². The van der Waals surface area contributed by atoms with Gasteiger partial charge in [-0.15, -0.1) is 35.1 Å². The normalized spacial score (nSPS) is 10.9. The van der Waals surface area contributed by atoms with Crippen LogP contribution >= 0.6 is 35.1 Å². The maximum atomic E-state index is 4.74. The average molecular weight is 407 g/mol. The van der Waals surface area contributed by atoms with Gasteiger partial charge in [0.15, 0.2) is 0 Å². The predicted octanol–water partition coefficient (Wildman–Crippen LogP) is 5.51. The molecule has 0 aliphatic carbocycles. The van der Waals surface area contributed by atoms with E-state index in [0.29, 0.717) is 0 Å². The SMILES string of the molecule is CCN(C)/C=N\c1cc(C)c(Cc2nc(-c3cscn3)cs2)cc1C.Cl. The molecule has 0 spiro atoms. The van der Waals surface area contributed by atoms with Crippen LogP contribution in [0.25, 0.3) is 11.4 Å². The van der Waals surface area contributed by atoms with Gasteiger partial charge in [-0.2, -0.15) is 0 Å². The zero-order valence-electron chi connectivity index (χ0n) is 15.4. The van der Waals surface area contributed by atoms with Crippen molar-refractivity contribution >= 4 is 47.1 Å². The largest absolute Gasteiger partial charge is 0.366 e. The van der Waals surface area contributed by atoms with E-state index in [-0.39, 0.29) is 12.4 Å². The molecule has 138 valence electrons. The Balaban J connectivity index is 0.00000243. The van der Waals surface area contributed by atoms with Crippen LogP contribution in [0.1, 0.15) is 28.6 Å². The Bertz CT molecular complexity index is 872. The Labute approximate surface area is 169 Å². The molecule has 0 unspecified atom stereocenters. The van der Waals surface area contributed by atoms with Crippen molar-refractivity contribution in [3.05, 3.63) is 50.1 Å². The van der Waals surface area contributed by atoms with Crippen LogP contribution in [0.3, 0.4) is 0 Å². The highest BCUT2D eigenvalue weighted by Gasteiger charge is 2.10. The number of thiazole rings is 2. The lowest BCUT2D eigenvalue weighted by molar-refractivity contribution is 0.552. The van der Waals surface area contributed by atoms with Crippen molar-refractivity contribution in [3.8, 4) is 11.4 Å². The first kappa shape index (κ1) is 20.6. The van der Waals surface area contributed by atoms with Gasteiger partial charge in [0.1, 0.15) is 11.4 Å². The Morgan fingerprint density at radius 3 is 2.65 bits per heavy atom. The van der Waals surface area contributed by atoms with Crippen LogP contribution in [0.2, 0.25) is 0 Å². The lowest BCUT2D eigenvalue weighted by Gasteiger charge is -2.11. The summed E-state index contributed by atoms with van der Waals surface area (Å²) in [5, 5.41) is 5.24. The van der Waals surface area contributed by atoms with Gasteiger partial charge in [0.2, 0.25) is 0 Å². The van der Waals surface area contributed by atoms with Crippen molar-refractivity contribution in [1.29, 1.82) is 0 Å². The highest BCUT2D eigenvalue weighted by Crippen LogP contribution is 2.27. The molecule has 0 N–H and O–H groups in total. The number of aryl methyl sites for hydroxylation is 2. The van der Waals surface area contributed by atoms with Gasteiger partial charge in [0.05, 0.1) is 22.5 Å². The second-order valence-corrected chi connectivity index (χ2v) is 7.72. The third-order valence-electron chi connectivity index (χ3n) is 4.14. The number of nitrogens with zero attached hydrogens (tertiary/aromatic N) is 4. The standard InChI is InChI=1S/C19H22N4S2.ClH/c1-5-23(4)11-20-16-7-13(2)15(6-14(16)3)8-19-22-18(10-25-19)17-9-24-12-21-17;/h6-7,9-12H,5,8H2,1-4H3;1H/b20-11-;. The van der Waals surface area contributed by atoms with Crippen molar-refractivity contribution in [2.45, 2.75) is 27.2 Å². The van der Waals surface area contributed by atoms with Gasteiger partial charge in [0, 0.05) is 30.8 Å². The lowest BCUT2D eigenvalue weighted by Crippen LogP contribution is -2.14. The van der Waals surface area contributed by atoms with E-state index in [9.17, 15) is 0 Å². The molecular weight excluding hydrogens is 384 g/mol. The number of halogens is 1. The summed E-state index contributed by atoms with van der Waals surface area (Å²) in [7, 11) is 2.03. The van der Waals surface area contributed by atoms with Crippen molar-refractivity contribution in [3.63, 3.8) is 0 Å². The number of benzene rings is 1. The van der Waals surface area contributed by atoms with Crippen LogP contribution < -0.4 is 0 Å². The fraction of sp³-hybridized carbons (Fsp3) is 0.316. The molecule has 0 aliphatic heterocycles. The molecule has 0 saturated carbocycles. The predicted molar refractivity (Wildman–Crippen MR) is 116 cm³/mol. The Hall–Kier alpha value is -1.76. The molecule has 4 nitrogen and oxygen atoms in total. The number of hydrogen-bond donors (Lipinski definition) is 0. The molecule has 2 aromatic heterocycles. The summed E-state index contributed by atoms with van der Waals surface area (Å²) in [6.07, 6.45) is 2.74. The van der Waals surface area contributed by atoms with Gasteiger partial charge in [-0.1, -0.05) is 6.07 Å². The Morgan fingerprint density at radius 2 is 1.96 bits per heavy atom. The highest BCUT2D eigenvalue weighted by molar-refractivity contribution is 7.10. The molecule has 3 rings (SSSR count). The smallest absolute Gasteiger partial charge is 0.101 e. The van der Waals surface area contributed by atoms with E-state index in [0.717, 1.165) is 35.0 Å². The fourth-order valence-corrected chi connectivity index (χ4v) is 3.80. The number of hydrogen-bond acceptors (Lipinski definition) is 5. The molecular formula is C19H23ClN4S2. The van der Waals surface area contributed by atoms with Crippen LogP contribution in [0.4, 0.5) is 5.69 Å². The summed E-state index contributed by atoms with van der Waals surface area (Å²) < 4.78 is 0. The summed E-state index contributed by atoms with van der Waals surface area (Å²) in [6.45, 7) is 7.32. The second-order valence-electron chi connectivity index (χ2n) is 6.06. The van der Waals surface area contributed by atoms with Gasteiger partial charge in [0.25, 0.3) is 0 Å². The molecule has 26 heavy (non-hydrogen) atoms. The van der Waals surface area contributed by atoms with Crippen LogP contribution in [-0.2, 0) is 6.42 Å².